The topological polar surface area (TPSA) is 20.2 Å². The second-order valence-corrected chi connectivity index (χ2v) is 4.99. The molecule has 0 aliphatic carbocycles. The molecule has 1 N–H and O–H groups in total. The van der Waals surface area contributed by atoms with Gasteiger partial charge in [-0.25, -0.2) is 4.39 Å². The van der Waals surface area contributed by atoms with Crippen molar-refractivity contribution in [3.05, 3.63) is 68.4 Å². The van der Waals surface area contributed by atoms with Gasteiger partial charge in [0.25, 0.3) is 0 Å². The SMILES string of the molecule is OC(c1ccc(Cl)c(Cl)c1)c1cc(Cl)ccc1F. The van der Waals surface area contributed by atoms with E-state index in [1.54, 1.807) is 12.1 Å². The lowest BCUT2D eigenvalue weighted by atomic mass is 10.0. The molecule has 0 heterocycles. The lowest BCUT2D eigenvalue weighted by Gasteiger charge is -2.13. The summed E-state index contributed by atoms with van der Waals surface area (Å²) < 4.78 is 13.6. The Morgan fingerprint density at radius 2 is 1.67 bits per heavy atom. The summed E-state index contributed by atoms with van der Waals surface area (Å²) in [7, 11) is 0. The van der Waals surface area contributed by atoms with Gasteiger partial charge >= 0.3 is 0 Å². The molecule has 0 radical (unpaired) electrons. The van der Waals surface area contributed by atoms with Crippen LogP contribution in [0.4, 0.5) is 4.39 Å². The fourth-order valence-electron chi connectivity index (χ4n) is 1.59. The summed E-state index contributed by atoms with van der Waals surface area (Å²) in [5, 5.41) is 11.1. The van der Waals surface area contributed by atoms with E-state index in [-0.39, 0.29) is 5.56 Å². The van der Waals surface area contributed by atoms with E-state index in [4.69, 9.17) is 34.8 Å². The molecule has 18 heavy (non-hydrogen) atoms. The number of halogens is 4. The maximum Gasteiger partial charge on any atom is 0.129 e. The van der Waals surface area contributed by atoms with E-state index in [1.807, 2.05) is 0 Å². The zero-order chi connectivity index (χ0) is 13.3. The largest absolute Gasteiger partial charge is 0.384 e. The maximum absolute atomic E-state index is 13.6. The van der Waals surface area contributed by atoms with Crippen LogP contribution in [0, 0.1) is 5.82 Å². The van der Waals surface area contributed by atoms with Crippen molar-refractivity contribution < 1.29 is 9.50 Å². The summed E-state index contributed by atoms with van der Waals surface area (Å²) in [5.41, 5.74) is 0.548. The van der Waals surface area contributed by atoms with Crippen LogP contribution in [0.3, 0.4) is 0 Å². The molecule has 0 amide bonds. The van der Waals surface area contributed by atoms with E-state index >= 15 is 0 Å². The van der Waals surface area contributed by atoms with Crippen molar-refractivity contribution in [2.45, 2.75) is 6.10 Å². The molecule has 0 aromatic heterocycles. The molecule has 0 bridgehead atoms. The summed E-state index contributed by atoms with van der Waals surface area (Å²) in [4.78, 5) is 0. The monoisotopic (exact) mass is 304 g/mol. The van der Waals surface area contributed by atoms with Crippen LogP contribution in [0.25, 0.3) is 0 Å². The Labute approximate surface area is 119 Å². The van der Waals surface area contributed by atoms with E-state index in [2.05, 4.69) is 0 Å². The fraction of sp³-hybridized carbons (Fsp3) is 0.0769. The van der Waals surface area contributed by atoms with Crippen LogP contribution in [0.15, 0.2) is 36.4 Å². The van der Waals surface area contributed by atoms with Crippen molar-refractivity contribution in [1.82, 2.24) is 0 Å². The molecule has 0 fully saturated rings. The number of aliphatic hydroxyl groups excluding tert-OH is 1. The lowest BCUT2D eigenvalue weighted by molar-refractivity contribution is 0.215. The van der Waals surface area contributed by atoms with Crippen molar-refractivity contribution >= 4 is 34.8 Å². The number of hydrogen-bond donors (Lipinski definition) is 1. The van der Waals surface area contributed by atoms with Gasteiger partial charge in [-0.1, -0.05) is 40.9 Å². The first-order chi connectivity index (χ1) is 8.49. The quantitative estimate of drug-likeness (QED) is 0.839. The molecule has 1 atom stereocenters. The minimum atomic E-state index is -1.14. The minimum absolute atomic E-state index is 0.0980. The Morgan fingerprint density at radius 1 is 0.944 bits per heavy atom. The van der Waals surface area contributed by atoms with Gasteiger partial charge in [0, 0.05) is 10.6 Å². The minimum Gasteiger partial charge on any atom is -0.384 e. The van der Waals surface area contributed by atoms with Crippen molar-refractivity contribution in [2.24, 2.45) is 0 Å². The van der Waals surface area contributed by atoms with Crippen molar-refractivity contribution in [1.29, 1.82) is 0 Å². The predicted octanol–water partition coefficient (Wildman–Crippen LogP) is 4.87. The number of hydrogen-bond acceptors (Lipinski definition) is 1. The van der Waals surface area contributed by atoms with Crippen LogP contribution in [-0.4, -0.2) is 5.11 Å². The fourth-order valence-corrected chi connectivity index (χ4v) is 2.07. The Morgan fingerprint density at radius 3 is 2.33 bits per heavy atom. The second-order valence-electron chi connectivity index (χ2n) is 3.74. The highest BCUT2D eigenvalue weighted by atomic mass is 35.5. The highest BCUT2D eigenvalue weighted by Crippen LogP contribution is 2.30. The Bertz CT molecular complexity index is 586. The van der Waals surface area contributed by atoms with E-state index in [1.165, 1.54) is 24.3 Å². The van der Waals surface area contributed by atoms with E-state index in [0.717, 1.165) is 0 Å². The van der Waals surface area contributed by atoms with Crippen LogP contribution in [0.1, 0.15) is 17.2 Å². The van der Waals surface area contributed by atoms with Gasteiger partial charge in [-0.15, -0.1) is 0 Å². The molecule has 2 rings (SSSR count). The molecule has 0 saturated carbocycles. The van der Waals surface area contributed by atoms with Crippen molar-refractivity contribution in [3.8, 4) is 0 Å². The molecule has 0 spiro atoms. The van der Waals surface area contributed by atoms with Gasteiger partial charge in [-0.2, -0.15) is 0 Å². The first-order valence-corrected chi connectivity index (χ1v) is 6.20. The molecule has 0 aliphatic rings. The van der Waals surface area contributed by atoms with Gasteiger partial charge in [0.05, 0.1) is 10.0 Å². The number of aliphatic hydroxyl groups is 1. The molecule has 2 aromatic carbocycles. The first kappa shape index (κ1) is 13.6. The smallest absolute Gasteiger partial charge is 0.129 e. The normalized spacial score (nSPS) is 12.5. The average molecular weight is 306 g/mol. The molecular formula is C13H8Cl3FO. The molecular weight excluding hydrogens is 297 g/mol. The van der Waals surface area contributed by atoms with Crippen LogP contribution in [-0.2, 0) is 0 Å². The zero-order valence-electron chi connectivity index (χ0n) is 9.00. The third-order valence-electron chi connectivity index (χ3n) is 2.51. The van der Waals surface area contributed by atoms with Gasteiger partial charge in [0.15, 0.2) is 0 Å². The molecule has 5 heteroatoms. The van der Waals surface area contributed by atoms with E-state index in [9.17, 15) is 9.50 Å². The van der Waals surface area contributed by atoms with Gasteiger partial charge in [-0.05, 0) is 35.9 Å². The lowest BCUT2D eigenvalue weighted by Crippen LogP contribution is -2.02. The molecule has 94 valence electrons. The van der Waals surface area contributed by atoms with Gasteiger partial charge in [0.1, 0.15) is 11.9 Å². The molecule has 1 unspecified atom stereocenters. The first-order valence-electron chi connectivity index (χ1n) is 5.07. The summed E-state index contributed by atoms with van der Waals surface area (Å²) in [6.45, 7) is 0. The van der Waals surface area contributed by atoms with E-state index < -0.39 is 11.9 Å². The third kappa shape index (κ3) is 2.78. The highest BCUT2D eigenvalue weighted by Gasteiger charge is 2.16. The molecule has 1 nitrogen and oxygen atoms in total. The standard InChI is InChI=1S/C13H8Cl3FO/c14-8-2-4-12(17)9(6-8)13(18)7-1-3-10(15)11(16)5-7/h1-6,13,18H. The Hall–Kier alpha value is -0.800. The highest BCUT2D eigenvalue weighted by molar-refractivity contribution is 6.42. The second kappa shape index (κ2) is 5.45. The summed E-state index contributed by atoms with van der Waals surface area (Å²) in [6, 6.07) is 8.63. The van der Waals surface area contributed by atoms with Crippen molar-refractivity contribution in [3.63, 3.8) is 0 Å². The van der Waals surface area contributed by atoms with Crippen LogP contribution < -0.4 is 0 Å². The van der Waals surface area contributed by atoms with Gasteiger partial charge in [-0.3, -0.25) is 0 Å². The predicted molar refractivity (Wildman–Crippen MR) is 71.9 cm³/mol. The Kier molecular flexibility index (Phi) is 4.13. The van der Waals surface area contributed by atoms with Gasteiger partial charge in [0.2, 0.25) is 0 Å². The zero-order valence-corrected chi connectivity index (χ0v) is 11.3. The number of benzene rings is 2. The Balaban J connectivity index is 2.44. The summed E-state index contributed by atoms with van der Waals surface area (Å²) in [6.07, 6.45) is -1.14. The van der Waals surface area contributed by atoms with E-state index in [0.29, 0.717) is 20.6 Å². The average Bonchev–Trinajstić information content (AvgIpc) is 2.35. The summed E-state index contributed by atoms with van der Waals surface area (Å²) in [5.74, 6) is -0.530. The third-order valence-corrected chi connectivity index (χ3v) is 3.49. The molecule has 0 saturated heterocycles. The summed E-state index contributed by atoms with van der Waals surface area (Å²) >= 11 is 17.4. The van der Waals surface area contributed by atoms with Gasteiger partial charge < -0.3 is 5.11 Å². The number of rotatable bonds is 2. The van der Waals surface area contributed by atoms with Crippen molar-refractivity contribution in [2.75, 3.05) is 0 Å². The molecule has 0 aliphatic heterocycles. The van der Waals surface area contributed by atoms with Crippen LogP contribution in [0.5, 0.6) is 0 Å². The van der Waals surface area contributed by atoms with Crippen LogP contribution in [0.2, 0.25) is 15.1 Å². The molecule has 2 aromatic rings. The van der Waals surface area contributed by atoms with Crippen LogP contribution >= 0.6 is 34.8 Å². The maximum atomic E-state index is 13.6.